The molecule has 0 saturated carbocycles. The van der Waals surface area contributed by atoms with E-state index >= 15 is 0 Å². The van der Waals surface area contributed by atoms with Gasteiger partial charge in [0, 0.05) is 27.8 Å². The van der Waals surface area contributed by atoms with E-state index in [1.807, 2.05) is 0 Å². The number of anilines is 3. The Balaban J connectivity index is 1.36. The fourth-order valence-electron chi connectivity index (χ4n) is 9.08. The van der Waals surface area contributed by atoms with Crippen LogP contribution in [0.2, 0.25) is 0 Å². The zero-order valence-corrected chi connectivity index (χ0v) is 30.8. The molecule has 2 aliphatic carbocycles. The monoisotopic (exact) mass is 659 g/mol. The number of rotatable bonds is 4. The molecule has 9 rings (SSSR count). The van der Waals surface area contributed by atoms with Gasteiger partial charge in [0.05, 0.1) is 5.69 Å². The molecule has 0 aromatic heterocycles. The van der Waals surface area contributed by atoms with Crippen molar-refractivity contribution in [2.45, 2.75) is 64.7 Å². The predicted molar refractivity (Wildman–Crippen MR) is 218 cm³/mol. The second-order valence-corrected chi connectivity index (χ2v) is 16.6. The van der Waals surface area contributed by atoms with E-state index in [0.717, 1.165) is 11.4 Å². The highest BCUT2D eigenvalue weighted by Crippen LogP contribution is 2.56. The third-order valence-electron chi connectivity index (χ3n) is 11.8. The standard InChI is InChI=1S/C50H45N/c1-48(2,3)33-24-26-34(27-25-33)51(35-28-29-43-40(31-35)37-17-10-12-20-41(37)49(43,4)5)45-30-23-32-15-8-9-16-36(32)47(45)39-19-14-22-44-46(39)38-18-11-13-21-42(38)50(44,6)7/h8-31H,1-7H3. The van der Waals surface area contributed by atoms with Crippen LogP contribution >= 0.6 is 0 Å². The van der Waals surface area contributed by atoms with Crippen LogP contribution in [0.5, 0.6) is 0 Å². The summed E-state index contributed by atoms with van der Waals surface area (Å²) in [6.07, 6.45) is 0. The number of hydrogen-bond acceptors (Lipinski definition) is 1. The lowest BCUT2D eigenvalue weighted by molar-refractivity contribution is 0.590. The highest BCUT2D eigenvalue weighted by atomic mass is 15.1. The maximum atomic E-state index is 2.51. The number of benzene rings is 7. The molecular weight excluding hydrogens is 615 g/mol. The van der Waals surface area contributed by atoms with E-state index in [4.69, 9.17) is 0 Å². The Kier molecular flexibility index (Phi) is 6.84. The summed E-state index contributed by atoms with van der Waals surface area (Å²) in [5.41, 5.74) is 18.2. The molecule has 1 nitrogen and oxygen atoms in total. The van der Waals surface area contributed by atoms with Gasteiger partial charge in [0.2, 0.25) is 0 Å². The van der Waals surface area contributed by atoms with Crippen molar-refractivity contribution in [1.29, 1.82) is 0 Å². The first-order valence-electron chi connectivity index (χ1n) is 18.4. The smallest absolute Gasteiger partial charge is 0.0546 e. The van der Waals surface area contributed by atoms with Crippen LogP contribution in [0, 0.1) is 0 Å². The van der Waals surface area contributed by atoms with E-state index < -0.39 is 0 Å². The summed E-state index contributed by atoms with van der Waals surface area (Å²) in [5.74, 6) is 0. The van der Waals surface area contributed by atoms with Crippen LogP contribution in [-0.2, 0) is 16.2 Å². The molecule has 0 unspecified atom stereocenters. The molecule has 51 heavy (non-hydrogen) atoms. The second-order valence-electron chi connectivity index (χ2n) is 16.6. The topological polar surface area (TPSA) is 3.24 Å². The maximum absolute atomic E-state index is 2.51. The SMILES string of the molecule is CC(C)(C)c1ccc(N(c2ccc3c(c2)-c2ccccc2C3(C)C)c2ccc3ccccc3c2-c2cccc3c2-c2ccccc2C3(C)C)cc1. The van der Waals surface area contributed by atoms with Crippen LogP contribution in [0.25, 0.3) is 44.2 Å². The molecule has 0 radical (unpaired) electrons. The third kappa shape index (κ3) is 4.67. The van der Waals surface area contributed by atoms with Crippen molar-refractivity contribution in [3.05, 3.63) is 173 Å². The zero-order chi connectivity index (χ0) is 35.3. The summed E-state index contributed by atoms with van der Waals surface area (Å²) >= 11 is 0. The summed E-state index contributed by atoms with van der Waals surface area (Å²) in [6.45, 7) is 16.3. The van der Waals surface area contributed by atoms with E-state index in [9.17, 15) is 0 Å². The molecule has 2 aliphatic rings. The molecule has 0 spiro atoms. The fraction of sp³-hybridized carbons (Fsp3) is 0.200. The lowest BCUT2D eigenvalue weighted by Crippen LogP contribution is -2.16. The largest absolute Gasteiger partial charge is 0.310 e. The van der Waals surface area contributed by atoms with Crippen molar-refractivity contribution < 1.29 is 0 Å². The van der Waals surface area contributed by atoms with E-state index in [2.05, 4.69) is 199 Å². The average molecular weight is 660 g/mol. The van der Waals surface area contributed by atoms with Crippen molar-refractivity contribution in [3.63, 3.8) is 0 Å². The van der Waals surface area contributed by atoms with Gasteiger partial charge in [-0.3, -0.25) is 0 Å². The van der Waals surface area contributed by atoms with Gasteiger partial charge in [-0.05, 0) is 102 Å². The highest BCUT2D eigenvalue weighted by molar-refractivity contribution is 6.09. The Morgan fingerprint density at radius 3 is 1.75 bits per heavy atom. The van der Waals surface area contributed by atoms with Crippen LogP contribution in [-0.4, -0.2) is 0 Å². The number of fused-ring (bicyclic) bond motifs is 7. The lowest BCUT2D eigenvalue weighted by atomic mass is 9.81. The fourth-order valence-corrected chi connectivity index (χ4v) is 9.08. The second kappa shape index (κ2) is 11.0. The predicted octanol–water partition coefficient (Wildman–Crippen LogP) is 13.9. The number of nitrogens with zero attached hydrogens (tertiary/aromatic N) is 1. The molecule has 7 aromatic rings. The van der Waals surface area contributed by atoms with E-state index in [1.165, 1.54) is 77.7 Å². The lowest BCUT2D eigenvalue weighted by Gasteiger charge is -2.31. The minimum Gasteiger partial charge on any atom is -0.310 e. The van der Waals surface area contributed by atoms with Gasteiger partial charge in [0.25, 0.3) is 0 Å². The van der Waals surface area contributed by atoms with Crippen molar-refractivity contribution in [1.82, 2.24) is 0 Å². The first-order chi connectivity index (χ1) is 24.5. The summed E-state index contributed by atoms with van der Waals surface area (Å²) in [7, 11) is 0. The van der Waals surface area contributed by atoms with Crippen molar-refractivity contribution >= 4 is 27.8 Å². The van der Waals surface area contributed by atoms with Gasteiger partial charge < -0.3 is 4.90 Å². The van der Waals surface area contributed by atoms with Crippen LogP contribution in [0.1, 0.15) is 76.3 Å². The van der Waals surface area contributed by atoms with Crippen molar-refractivity contribution in [3.8, 4) is 33.4 Å². The highest BCUT2D eigenvalue weighted by Gasteiger charge is 2.38. The normalized spacial score (nSPS) is 14.9. The molecule has 0 N–H and O–H groups in total. The third-order valence-corrected chi connectivity index (χ3v) is 11.8. The minimum absolute atomic E-state index is 0.0530. The van der Waals surface area contributed by atoms with Gasteiger partial charge in [0.1, 0.15) is 0 Å². The van der Waals surface area contributed by atoms with Crippen LogP contribution in [0.4, 0.5) is 17.1 Å². The number of hydrogen-bond donors (Lipinski definition) is 0. The van der Waals surface area contributed by atoms with Gasteiger partial charge in [-0.2, -0.15) is 0 Å². The summed E-state index contributed by atoms with van der Waals surface area (Å²) in [6, 6.07) is 54.9. The maximum Gasteiger partial charge on any atom is 0.0546 e. The van der Waals surface area contributed by atoms with Gasteiger partial charge in [-0.15, -0.1) is 0 Å². The summed E-state index contributed by atoms with van der Waals surface area (Å²) in [5, 5.41) is 2.50. The Bertz CT molecular complexity index is 2500. The molecule has 0 fully saturated rings. The van der Waals surface area contributed by atoms with E-state index in [1.54, 1.807) is 0 Å². The Morgan fingerprint density at radius 1 is 0.431 bits per heavy atom. The van der Waals surface area contributed by atoms with Crippen LogP contribution < -0.4 is 4.90 Å². The Labute approximate surface area is 303 Å². The van der Waals surface area contributed by atoms with Crippen molar-refractivity contribution in [2.24, 2.45) is 0 Å². The van der Waals surface area contributed by atoms with E-state index in [0.29, 0.717) is 0 Å². The Morgan fingerprint density at radius 2 is 1.00 bits per heavy atom. The molecule has 250 valence electrons. The molecule has 7 aromatic carbocycles. The Hall–Kier alpha value is -5.40. The molecule has 1 heteroatoms. The van der Waals surface area contributed by atoms with Gasteiger partial charge in [-0.25, -0.2) is 0 Å². The molecular formula is C50H45N. The summed E-state index contributed by atoms with van der Waals surface area (Å²) < 4.78 is 0. The average Bonchev–Trinajstić information content (AvgIpc) is 3.51. The first kappa shape index (κ1) is 31.6. The van der Waals surface area contributed by atoms with Crippen LogP contribution in [0.15, 0.2) is 146 Å². The molecule has 0 saturated heterocycles. The van der Waals surface area contributed by atoms with Gasteiger partial charge in [-0.1, -0.05) is 164 Å². The van der Waals surface area contributed by atoms with Gasteiger partial charge >= 0.3 is 0 Å². The molecule has 0 amide bonds. The molecule has 0 atom stereocenters. The molecule has 0 aliphatic heterocycles. The van der Waals surface area contributed by atoms with Crippen LogP contribution in [0.3, 0.4) is 0 Å². The van der Waals surface area contributed by atoms with Gasteiger partial charge in [0.15, 0.2) is 0 Å². The van der Waals surface area contributed by atoms with Crippen molar-refractivity contribution in [2.75, 3.05) is 4.90 Å². The molecule has 0 bridgehead atoms. The van der Waals surface area contributed by atoms with E-state index in [-0.39, 0.29) is 16.2 Å². The first-order valence-corrected chi connectivity index (χ1v) is 18.4. The minimum atomic E-state index is -0.0880. The quantitative estimate of drug-likeness (QED) is 0.182. The zero-order valence-electron chi connectivity index (χ0n) is 30.8. The summed E-state index contributed by atoms with van der Waals surface area (Å²) in [4.78, 5) is 2.51. The molecule has 0 heterocycles.